The zero-order chi connectivity index (χ0) is 16.4. The molecule has 0 fully saturated rings. The molecule has 0 atom stereocenters. The van der Waals surface area contributed by atoms with Gasteiger partial charge in [-0.2, -0.15) is 0 Å². The third-order valence-corrected chi connectivity index (χ3v) is 4.86. The fourth-order valence-corrected chi connectivity index (χ4v) is 3.61. The molecule has 3 aromatic carbocycles. The van der Waals surface area contributed by atoms with Crippen LogP contribution in [-0.4, -0.2) is 4.98 Å². The first-order chi connectivity index (χ1) is 11.8. The molecule has 0 saturated carbocycles. The van der Waals surface area contributed by atoms with Gasteiger partial charge >= 0.3 is 0 Å². The first-order valence-corrected chi connectivity index (χ1v) is 8.51. The minimum atomic E-state index is -0.284. The average molecular weight is 331 g/mol. The fourth-order valence-electron chi connectivity index (χ4n) is 2.70. The van der Waals surface area contributed by atoms with Crippen molar-refractivity contribution < 1.29 is 4.39 Å². The van der Waals surface area contributed by atoms with E-state index in [0.717, 1.165) is 21.3 Å². The van der Waals surface area contributed by atoms with Crippen LogP contribution in [0.15, 0.2) is 84.9 Å². The Balaban J connectivity index is 1.95. The number of hydrogen-bond acceptors (Lipinski definition) is 2. The summed E-state index contributed by atoms with van der Waals surface area (Å²) < 4.78 is 16.4. The van der Waals surface area contributed by atoms with Crippen LogP contribution in [0.25, 0.3) is 21.6 Å². The van der Waals surface area contributed by atoms with Gasteiger partial charge in [0.05, 0.1) is 10.2 Å². The Hall–Kier alpha value is -2.78. The topological polar surface area (TPSA) is 12.9 Å². The van der Waals surface area contributed by atoms with Crippen molar-refractivity contribution in [1.29, 1.82) is 0 Å². The van der Waals surface area contributed by atoms with Crippen molar-refractivity contribution in [3.63, 3.8) is 0 Å². The lowest BCUT2D eigenvalue weighted by Gasteiger charge is -2.09. The molecule has 0 amide bonds. The molecule has 0 aliphatic carbocycles. The number of hydrogen-bond donors (Lipinski definition) is 0. The van der Waals surface area contributed by atoms with Gasteiger partial charge in [-0.1, -0.05) is 72.8 Å². The molecule has 4 rings (SSSR count). The summed E-state index contributed by atoms with van der Waals surface area (Å²) in [5.41, 5.74) is 3.10. The lowest BCUT2D eigenvalue weighted by atomic mass is 9.97. The molecule has 24 heavy (non-hydrogen) atoms. The molecule has 0 aliphatic rings. The Labute approximate surface area is 143 Å². The van der Waals surface area contributed by atoms with Gasteiger partial charge in [-0.15, -0.1) is 11.3 Å². The molecule has 0 unspecified atom stereocenters. The highest BCUT2D eigenvalue weighted by Gasteiger charge is 2.17. The second-order valence-electron chi connectivity index (χ2n) is 5.41. The van der Waals surface area contributed by atoms with E-state index in [2.05, 4.69) is 4.98 Å². The summed E-state index contributed by atoms with van der Waals surface area (Å²) in [6, 6.07) is 27.0. The second kappa shape index (κ2) is 6.38. The molecule has 0 N–H and O–H groups in total. The van der Waals surface area contributed by atoms with E-state index >= 15 is 4.39 Å². The zero-order valence-corrected chi connectivity index (χ0v) is 13.6. The van der Waals surface area contributed by atoms with E-state index in [1.807, 2.05) is 84.9 Å². The van der Waals surface area contributed by atoms with Gasteiger partial charge in [0.25, 0.3) is 0 Å². The van der Waals surface area contributed by atoms with Crippen molar-refractivity contribution in [3.05, 3.63) is 101 Å². The monoisotopic (exact) mass is 331 g/mol. The Bertz CT molecular complexity index is 929. The van der Waals surface area contributed by atoms with E-state index in [-0.39, 0.29) is 5.83 Å². The van der Waals surface area contributed by atoms with Crippen molar-refractivity contribution in [2.45, 2.75) is 0 Å². The highest BCUT2D eigenvalue weighted by atomic mass is 32.1. The summed E-state index contributed by atoms with van der Waals surface area (Å²) in [5, 5.41) is 0.416. The van der Waals surface area contributed by atoms with E-state index < -0.39 is 0 Å². The van der Waals surface area contributed by atoms with Crippen molar-refractivity contribution in [2.24, 2.45) is 0 Å². The summed E-state index contributed by atoms with van der Waals surface area (Å²) in [6.07, 6.45) is 0. The summed E-state index contributed by atoms with van der Waals surface area (Å²) >= 11 is 1.38. The van der Waals surface area contributed by atoms with Gasteiger partial charge in [-0.05, 0) is 23.3 Å². The van der Waals surface area contributed by atoms with Crippen LogP contribution in [0.3, 0.4) is 0 Å². The largest absolute Gasteiger partial charge is 0.234 e. The van der Waals surface area contributed by atoms with E-state index in [0.29, 0.717) is 10.6 Å². The van der Waals surface area contributed by atoms with Gasteiger partial charge in [0.2, 0.25) is 0 Å². The molecule has 0 bridgehead atoms. The first kappa shape index (κ1) is 14.8. The van der Waals surface area contributed by atoms with Crippen LogP contribution in [0, 0.1) is 0 Å². The molecule has 1 heterocycles. The van der Waals surface area contributed by atoms with Crippen LogP contribution in [-0.2, 0) is 0 Å². The summed E-state index contributed by atoms with van der Waals surface area (Å²) in [7, 11) is 0. The molecule has 1 aromatic heterocycles. The quantitative estimate of drug-likeness (QED) is 0.436. The molecular formula is C21H14FNS. The third-order valence-electron chi connectivity index (χ3n) is 3.83. The van der Waals surface area contributed by atoms with Crippen LogP contribution in [0.5, 0.6) is 0 Å². The fraction of sp³-hybridized carbons (Fsp3) is 0. The maximum absolute atomic E-state index is 15.4. The summed E-state index contributed by atoms with van der Waals surface area (Å²) in [5.74, 6) is -0.284. The van der Waals surface area contributed by atoms with Crippen LogP contribution in [0.1, 0.15) is 16.1 Å². The molecule has 0 spiro atoms. The second-order valence-corrected chi connectivity index (χ2v) is 6.44. The number of fused-ring (bicyclic) bond motifs is 1. The van der Waals surface area contributed by atoms with Crippen molar-refractivity contribution in [3.8, 4) is 0 Å². The highest BCUT2D eigenvalue weighted by molar-refractivity contribution is 7.19. The number of aromatic nitrogens is 1. The number of thiazole rings is 1. The van der Waals surface area contributed by atoms with Gasteiger partial charge in [-0.3, -0.25) is 0 Å². The van der Waals surface area contributed by atoms with Crippen LogP contribution in [0.2, 0.25) is 0 Å². The number of nitrogens with zero attached hydrogens (tertiary/aromatic N) is 1. The van der Waals surface area contributed by atoms with Crippen molar-refractivity contribution in [1.82, 2.24) is 4.98 Å². The highest BCUT2D eigenvalue weighted by Crippen LogP contribution is 2.36. The molecule has 116 valence electrons. The molecule has 0 saturated heterocycles. The first-order valence-electron chi connectivity index (χ1n) is 7.69. The maximum atomic E-state index is 15.4. The van der Waals surface area contributed by atoms with E-state index in [1.54, 1.807) is 0 Å². The van der Waals surface area contributed by atoms with E-state index in [1.165, 1.54) is 11.3 Å². The number of halogens is 1. The lowest BCUT2D eigenvalue weighted by Crippen LogP contribution is -1.91. The van der Waals surface area contributed by atoms with Gasteiger partial charge in [0.15, 0.2) is 10.8 Å². The van der Waals surface area contributed by atoms with Crippen molar-refractivity contribution in [2.75, 3.05) is 0 Å². The van der Waals surface area contributed by atoms with Gasteiger partial charge < -0.3 is 0 Å². The molecule has 1 nitrogen and oxygen atoms in total. The molecular weight excluding hydrogens is 317 g/mol. The van der Waals surface area contributed by atoms with E-state index in [9.17, 15) is 0 Å². The Kier molecular flexibility index (Phi) is 3.93. The third kappa shape index (κ3) is 2.74. The van der Waals surface area contributed by atoms with Gasteiger partial charge in [0.1, 0.15) is 0 Å². The van der Waals surface area contributed by atoms with Crippen molar-refractivity contribution >= 4 is 33.0 Å². The number of para-hydroxylation sites is 1. The average Bonchev–Trinajstić information content (AvgIpc) is 3.08. The van der Waals surface area contributed by atoms with Crippen LogP contribution >= 0.6 is 11.3 Å². The molecule has 0 aliphatic heterocycles. The predicted octanol–water partition coefficient (Wildman–Crippen LogP) is 6.18. The molecule has 4 aromatic rings. The van der Waals surface area contributed by atoms with Gasteiger partial charge in [-0.25, -0.2) is 9.37 Å². The molecule has 0 radical (unpaired) electrons. The smallest absolute Gasteiger partial charge is 0.167 e. The zero-order valence-electron chi connectivity index (χ0n) is 12.8. The SMILES string of the molecule is FC(=C(c1ccccc1)c1ccccc1)c1nc2ccccc2s1. The lowest BCUT2D eigenvalue weighted by molar-refractivity contribution is 0.761. The van der Waals surface area contributed by atoms with Crippen LogP contribution in [0.4, 0.5) is 4.39 Å². The Morgan fingerprint density at radius 3 is 1.83 bits per heavy atom. The normalized spacial score (nSPS) is 10.7. The predicted molar refractivity (Wildman–Crippen MR) is 99.5 cm³/mol. The summed E-state index contributed by atoms with van der Waals surface area (Å²) in [6.45, 7) is 0. The summed E-state index contributed by atoms with van der Waals surface area (Å²) in [4.78, 5) is 4.47. The maximum Gasteiger partial charge on any atom is 0.167 e. The minimum Gasteiger partial charge on any atom is -0.234 e. The Morgan fingerprint density at radius 2 is 1.25 bits per heavy atom. The Morgan fingerprint density at radius 1 is 0.708 bits per heavy atom. The molecule has 3 heteroatoms. The van der Waals surface area contributed by atoms with E-state index in [4.69, 9.17) is 0 Å². The van der Waals surface area contributed by atoms with Gasteiger partial charge in [0, 0.05) is 5.57 Å². The standard InChI is InChI=1S/C21H14FNS/c22-20(21-23-17-13-7-8-14-18(17)24-21)19(15-9-3-1-4-10-15)16-11-5-2-6-12-16/h1-14H. The number of benzene rings is 3. The minimum absolute atomic E-state index is 0.284. The number of rotatable bonds is 3. The van der Waals surface area contributed by atoms with Crippen LogP contribution < -0.4 is 0 Å².